The van der Waals surface area contributed by atoms with Gasteiger partial charge in [-0.3, -0.25) is 0 Å². The highest BCUT2D eigenvalue weighted by Crippen LogP contribution is 2.25. The zero-order valence-corrected chi connectivity index (χ0v) is 13.2. The molecule has 0 fully saturated rings. The largest absolute Gasteiger partial charge is 0.459 e. The molecule has 0 unspecified atom stereocenters. The molecule has 0 atom stereocenters. The van der Waals surface area contributed by atoms with Crippen molar-refractivity contribution in [3.05, 3.63) is 59.1 Å². The highest BCUT2D eigenvalue weighted by molar-refractivity contribution is 7.90. The van der Waals surface area contributed by atoms with Crippen LogP contribution in [0.2, 0.25) is 5.02 Å². The quantitative estimate of drug-likeness (QED) is 0.722. The molecule has 0 aliphatic rings. The van der Waals surface area contributed by atoms with Crippen LogP contribution < -0.4 is 0 Å². The smallest absolute Gasteiger partial charge is 0.263 e. The molecule has 0 aliphatic carbocycles. The van der Waals surface area contributed by atoms with Gasteiger partial charge in [-0.2, -0.15) is 0 Å². The molecule has 0 radical (unpaired) electrons. The Morgan fingerprint density at radius 3 is 2.73 bits per heavy atom. The van der Waals surface area contributed by atoms with E-state index in [4.69, 9.17) is 20.4 Å². The zero-order chi connectivity index (χ0) is 15.7. The van der Waals surface area contributed by atoms with Gasteiger partial charge in [0.2, 0.25) is 0 Å². The van der Waals surface area contributed by atoms with Crippen LogP contribution in [0.15, 0.2) is 56.4 Å². The van der Waals surface area contributed by atoms with Gasteiger partial charge in [-0.05, 0) is 37.3 Å². The van der Waals surface area contributed by atoms with E-state index >= 15 is 0 Å². The average Bonchev–Trinajstić information content (AvgIpc) is 3.09. The molecule has 2 aromatic heterocycles. The summed E-state index contributed by atoms with van der Waals surface area (Å²) in [6, 6.07) is 9.54. The highest BCUT2D eigenvalue weighted by atomic mass is 35.5. The van der Waals surface area contributed by atoms with Crippen LogP contribution in [-0.2, 0) is 15.6 Å². The van der Waals surface area contributed by atoms with E-state index in [-0.39, 0.29) is 16.5 Å². The SMILES string of the molecule is Cc1oc(-c2ccco2)nc1CS(=O)(=O)c1cccc(Cl)c1. The minimum Gasteiger partial charge on any atom is -0.459 e. The van der Waals surface area contributed by atoms with Crippen molar-refractivity contribution in [1.82, 2.24) is 4.98 Å². The fraction of sp³-hybridized carbons (Fsp3) is 0.133. The van der Waals surface area contributed by atoms with Gasteiger partial charge in [-0.1, -0.05) is 17.7 Å². The molecule has 0 saturated carbocycles. The number of nitrogens with zero attached hydrogens (tertiary/aromatic N) is 1. The van der Waals surface area contributed by atoms with E-state index in [1.165, 1.54) is 18.4 Å². The van der Waals surface area contributed by atoms with Crippen molar-refractivity contribution in [2.75, 3.05) is 0 Å². The molecule has 1 aromatic carbocycles. The second-order valence-electron chi connectivity index (χ2n) is 4.72. The van der Waals surface area contributed by atoms with Gasteiger partial charge in [-0.25, -0.2) is 13.4 Å². The summed E-state index contributed by atoms with van der Waals surface area (Å²) < 4.78 is 35.5. The summed E-state index contributed by atoms with van der Waals surface area (Å²) in [6.07, 6.45) is 1.50. The van der Waals surface area contributed by atoms with Crippen LogP contribution in [-0.4, -0.2) is 13.4 Å². The number of halogens is 1. The van der Waals surface area contributed by atoms with Gasteiger partial charge >= 0.3 is 0 Å². The van der Waals surface area contributed by atoms with Crippen LogP contribution in [0.25, 0.3) is 11.7 Å². The number of aromatic nitrogens is 1. The normalized spacial score (nSPS) is 11.7. The summed E-state index contributed by atoms with van der Waals surface area (Å²) in [5.74, 6) is 0.897. The predicted molar refractivity (Wildman–Crippen MR) is 81.3 cm³/mol. The van der Waals surface area contributed by atoms with Gasteiger partial charge in [-0.15, -0.1) is 0 Å². The summed E-state index contributed by atoms with van der Waals surface area (Å²) >= 11 is 5.85. The molecule has 3 aromatic rings. The van der Waals surface area contributed by atoms with E-state index in [9.17, 15) is 8.42 Å². The maximum absolute atomic E-state index is 12.4. The molecular weight excluding hydrogens is 326 g/mol. The topological polar surface area (TPSA) is 73.3 Å². The lowest BCUT2D eigenvalue weighted by atomic mass is 10.4. The first kappa shape index (κ1) is 14.9. The first-order chi connectivity index (χ1) is 10.5. The zero-order valence-electron chi connectivity index (χ0n) is 11.6. The van der Waals surface area contributed by atoms with Crippen molar-refractivity contribution < 1.29 is 17.3 Å². The Balaban J connectivity index is 1.93. The lowest BCUT2D eigenvalue weighted by Crippen LogP contribution is -2.06. The molecule has 5 nitrogen and oxygen atoms in total. The lowest BCUT2D eigenvalue weighted by molar-refractivity contribution is 0.500. The summed E-state index contributed by atoms with van der Waals surface area (Å²) in [5.41, 5.74) is 0.353. The van der Waals surface area contributed by atoms with Crippen molar-refractivity contribution in [2.45, 2.75) is 17.6 Å². The van der Waals surface area contributed by atoms with Gasteiger partial charge in [0.25, 0.3) is 5.89 Å². The first-order valence-electron chi connectivity index (χ1n) is 6.44. The number of hydrogen-bond acceptors (Lipinski definition) is 5. The molecule has 0 spiro atoms. The number of hydrogen-bond donors (Lipinski definition) is 0. The second kappa shape index (κ2) is 5.62. The third-order valence-corrected chi connectivity index (χ3v) is 4.97. The summed E-state index contributed by atoms with van der Waals surface area (Å²) in [5, 5.41) is 0.370. The maximum atomic E-state index is 12.4. The molecule has 0 amide bonds. The molecule has 2 heterocycles. The van der Waals surface area contributed by atoms with E-state index in [2.05, 4.69) is 4.98 Å². The van der Waals surface area contributed by atoms with Gasteiger partial charge in [0.05, 0.1) is 16.9 Å². The van der Waals surface area contributed by atoms with Crippen LogP contribution in [0.5, 0.6) is 0 Å². The Morgan fingerprint density at radius 2 is 2.05 bits per heavy atom. The standard InChI is InChI=1S/C15H12ClNO4S/c1-10-13(17-15(21-10)14-6-3-7-20-14)9-22(18,19)12-5-2-4-11(16)8-12/h2-8H,9H2,1H3. The Labute approximate surface area is 132 Å². The maximum Gasteiger partial charge on any atom is 0.263 e. The van der Waals surface area contributed by atoms with Crippen LogP contribution >= 0.6 is 11.6 Å². The molecular formula is C15H12ClNO4S. The Hall–Kier alpha value is -2.05. The molecule has 3 rings (SSSR count). The average molecular weight is 338 g/mol. The van der Waals surface area contributed by atoms with Crippen LogP contribution in [0, 0.1) is 6.92 Å². The molecule has 0 saturated heterocycles. The Kier molecular flexibility index (Phi) is 3.80. The van der Waals surface area contributed by atoms with Crippen molar-refractivity contribution in [3.8, 4) is 11.7 Å². The van der Waals surface area contributed by atoms with E-state index in [1.807, 2.05) is 0 Å². The van der Waals surface area contributed by atoms with Gasteiger partial charge in [0.1, 0.15) is 11.5 Å². The van der Waals surface area contributed by atoms with Crippen LogP contribution in [0.3, 0.4) is 0 Å². The summed E-state index contributed by atoms with van der Waals surface area (Å²) in [4.78, 5) is 4.37. The molecule has 114 valence electrons. The monoisotopic (exact) mass is 337 g/mol. The predicted octanol–water partition coefficient (Wildman–Crippen LogP) is 3.87. The van der Waals surface area contributed by atoms with Crippen LogP contribution in [0.4, 0.5) is 0 Å². The van der Waals surface area contributed by atoms with E-state index in [0.29, 0.717) is 22.2 Å². The number of furan rings is 1. The van der Waals surface area contributed by atoms with Crippen LogP contribution in [0.1, 0.15) is 11.5 Å². The Bertz CT molecular complexity index is 898. The molecule has 7 heteroatoms. The van der Waals surface area contributed by atoms with Crippen molar-refractivity contribution in [2.24, 2.45) is 0 Å². The third kappa shape index (κ3) is 2.93. The molecule has 0 N–H and O–H groups in total. The number of sulfone groups is 1. The minimum atomic E-state index is -3.55. The number of aryl methyl sites for hydroxylation is 1. The van der Waals surface area contributed by atoms with Gasteiger partial charge in [0, 0.05) is 5.02 Å². The molecule has 22 heavy (non-hydrogen) atoms. The van der Waals surface area contributed by atoms with Crippen molar-refractivity contribution in [1.29, 1.82) is 0 Å². The van der Waals surface area contributed by atoms with Crippen molar-refractivity contribution >= 4 is 21.4 Å². The van der Waals surface area contributed by atoms with E-state index in [0.717, 1.165) is 0 Å². The highest BCUT2D eigenvalue weighted by Gasteiger charge is 2.21. The fourth-order valence-corrected chi connectivity index (χ4v) is 3.63. The number of oxazole rings is 1. The summed E-state index contributed by atoms with van der Waals surface area (Å²) in [7, 11) is -3.55. The lowest BCUT2D eigenvalue weighted by Gasteiger charge is -2.03. The summed E-state index contributed by atoms with van der Waals surface area (Å²) in [6.45, 7) is 1.67. The van der Waals surface area contributed by atoms with Gasteiger partial charge in [0.15, 0.2) is 15.6 Å². The molecule has 0 aliphatic heterocycles. The van der Waals surface area contributed by atoms with E-state index in [1.54, 1.807) is 31.2 Å². The van der Waals surface area contributed by atoms with Crippen molar-refractivity contribution in [3.63, 3.8) is 0 Å². The van der Waals surface area contributed by atoms with Gasteiger partial charge < -0.3 is 8.83 Å². The first-order valence-corrected chi connectivity index (χ1v) is 8.47. The third-order valence-electron chi connectivity index (χ3n) is 3.11. The Morgan fingerprint density at radius 1 is 1.23 bits per heavy atom. The molecule has 0 bridgehead atoms. The number of rotatable bonds is 4. The number of benzene rings is 1. The second-order valence-corrected chi connectivity index (χ2v) is 7.14. The van der Waals surface area contributed by atoms with E-state index < -0.39 is 9.84 Å². The fourth-order valence-electron chi connectivity index (χ4n) is 1.99. The minimum absolute atomic E-state index is 0.155.